The van der Waals surface area contributed by atoms with E-state index in [1.165, 1.54) is 12.1 Å². The predicted octanol–water partition coefficient (Wildman–Crippen LogP) is 1.46. The van der Waals surface area contributed by atoms with Crippen molar-refractivity contribution in [2.75, 3.05) is 4.72 Å². The average molecular weight is 274 g/mol. The Labute approximate surface area is 110 Å². The molecule has 0 saturated carbocycles. The third-order valence-electron chi connectivity index (χ3n) is 2.31. The number of anilines is 1. The van der Waals surface area contributed by atoms with Gasteiger partial charge in [-0.3, -0.25) is 4.72 Å². The van der Waals surface area contributed by atoms with Crippen molar-refractivity contribution in [2.45, 2.75) is 11.8 Å². The average Bonchev–Trinajstić information content (AvgIpc) is 2.41. The van der Waals surface area contributed by atoms with Crippen molar-refractivity contribution < 1.29 is 8.42 Å². The second-order valence-electron chi connectivity index (χ2n) is 3.82. The van der Waals surface area contributed by atoms with Gasteiger partial charge < -0.3 is 0 Å². The number of hydrogen-bond acceptors (Lipinski definition) is 5. The zero-order valence-corrected chi connectivity index (χ0v) is 10.8. The van der Waals surface area contributed by atoms with Gasteiger partial charge >= 0.3 is 0 Å². The largest absolute Gasteiger partial charge is 0.264 e. The van der Waals surface area contributed by atoms with E-state index in [0.29, 0.717) is 0 Å². The van der Waals surface area contributed by atoms with Crippen LogP contribution in [0.25, 0.3) is 0 Å². The van der Waals surface area contributed by atoms with Gasteiger partial charge in [0.2, 0.25) is 0 Å². The summed E-state index contributed by atoms with van der Waals surface area (Å²) in [5, 5.41) is 8.60. The normalized spacial score (nSPS) is 10.7. The summed E-state index contributed by atoms with van der Waals surface area (Å²) in [5.74, 6) is 0.231. The number of nitrogens with zero attached hydrogens (tertiary/aromatic N) is 3. The highest BCUT2D eigenvalue weighted by Gasteiger charge is 2.15. The molecule has 0 amide bonds. The Bertz CT molecular complexity index is 716. The van der Waals surface area contributed by atoms with Crippen molar-refractivity contribution in [1.29, 1.82) is 5.26 Å². The molecule has 2 aromatic rings. The molecule has 0 radical (unpaired) electrons. The number of pyridine rings is 2. The molecule has 0 atom stereocenters. The molecule has 0 aliphatic carbocycles. The fourth-order valence-electron chi connectivity index (χ4n) is 1.33. The molecule has 0 fully saturated rings. The van der Waals surface area contributed by atoms with Crippen molar-refractivity contribution in [3.8, 4) is 6.07 Å². The predicted molar refractivity (Wildman–Crippen MR) is 68.7 cm³/mol. The molecule has 19 heavy (non-hydrogen) atoms. The Kier molecular flexibility index (Phi) is 3.44. The van der Waals surface area contributed by atoms with Crippen molar-refractivity contribution in [2.24, 2.45) is 0 Å². The third-order valence-corrected chi connectivity index (χ3v) is 3.65. The summed E-state index contributed by atoms with van der Waals surface area (Å²) in [5.41, 5.74) is 1.09. The molecule has 2 aromatic heterocycles. The minimum atomic E-state index is -3.74. The highest BCUT2D eigenvalue weighted by Crippen LogP contribution is 2.13. The lowest BCUT2D eigenvalue weighted by Gasteiger charge is -2.06. The molecule has 0 aromatic carbocycles. The molecule has 0 bridgehead atoms. The fraction of sp³-hybridized carbons (Fsp3) is 0.0833. The Balaban J connectivity index is 2.27. The Morgan fingerprint density at radius 1 is 1.16 bits per heavy atom. The number of aromatic nitrogens is 2. The SMILES string of the molecule is Cc1ccc(NS(=O)(=O)c2ccc(C#N)nc2)nc1. The van der Waals surface area contributed by atoms with Gasteiger partial charge in [0.25, 0.3) is 10.0 Å². The van der Waals surface area contributed by atoms with Crippen LogP contribution in [0.4, 0.5) is 5.82 Å². The minimum absolute atomic E-state index is 0.0196. The van der Waals surface area contributed by atoms with E-state index in [9.17, 15) is 8.42 Å². The van der Waals surface area contributed by atoms with Crippen LogP contribution >= 0.6 is 0 Å². The Morgan fingerprint density at radius 3 is 2.47 bits per heavy atom. The van der Waals surface area contributed by atoms with Crippen molar-refractivity contribution in [3.05, 3.63) is 47.9 Å². The van der Waals surface area contributed by atoms with Crippen LogP contribution in [0, 0.1) is 18.3 Å². The number of nitriles is 1. The van der Waals surface area contributed by atoms with E-state index in [1.54, 1.807) is 18.3 Å². The maximum Gasteiger partial charge on any atom is 0.264 e. The molecule has 0 aliphatic heterocycles. The van der Waals surface area contributed by atoms with Gasteiger partial charge in [-0.05, 0) is 30.7 Å². The molecule has 6 nitrogen and oxygen atoms in total. The zero-order valence-electron chi connectivity index (χ0n) is 10.0. The van der Waals surface area contributed by atoms with E-state index in [2.05, 4.69) is 14.7 Å². The van der Waals surface area contributed by atoms with Gasteiger partial charge in [0, 0.05) is 12.4 Å². The molecule has 7 heteroatoms. The van der Waals surface area contributed by atoms with E-state index in [0.717, 1.165) is 11.8 Å². The maximum atomic E-state index is 12.0. The highest BCUT2D eigenvalue weighted by atomic mass is 32.2. The van der Waals surface area contributed by atoms with Gasteiger partial charge in [-0.1, -0.05) is 6.07 Å². The first kappa shape index (κ1) is 13.0. The second kappa shape index (κ2) is 5.04. The van der Waals surface area contributed by atoms with E-state index >= 15 is 0 Å². The Morgan fingerprint density at radius 2 is 1.95 bits per heavy atom. The van der Waals surface area contributed by atoms with Crippen LogP contribution in [0.15, 0.2) is 41.6 Å². The smallest absolute Gasteiger partial charge is 0.263 e. The second-order valence-corrected chi connectivity index (χ2v) is 5.50. The summed E-state index contributed by atoms with van der Waals surface area (Å²) in [4.78, 5) is 7.66. The third kappa shape index (κ3) is 3.05. The van der Waals surface area contributed by atoms with Crippen LogP contribution in [-0.2, 0) is 10.0 Å². The summed E-state index contributed by atoms with van der Waals surface area (Å²) >= 11 is 0. The van der Waals surface area contributed by atoms with Gasteiger partial charge in [-0.25, -0.2) is 18.4 Å². The number of rotatable bonds is 3. The monoisotopic (exact) mass is 274 g/mol. The highest BCUT2D eigenvalue weighted by molar-refractivity contribution is 7.92. The molecular weight excluding hydrogens is 264 g/mol. The van der Waals surface area contributed by atoms with Gasteiger partial charge in [0.05, 0.1) is 0 Å². The maximum absolute atomic E-state index is 12.0. The molecular formula is C12H10N4O2S. The lowest BCUT2D eigenvalue weighted by molar-refractivity contribution is 0.600. The molecule has 0 aliphatic rings. The first-order chi connectivity index (χ1) is 9.01. The quantitative estimate of drug-likeness (QED) is 0.914. The van der Waals surface area contributed by atoms with Crippen molar-refractivity contribution in [3.63, 3.8) is 0 Å². The minimum Gasteiger partial charge on any atom is -0.263 e. The molecule has 0 saturated heterocycles. The van der Waals surface area contributed by atoms with Crippen LogP contribution in [0.2, 0.25) is 0 Å². The van der Waals surface area contributed by atoms with Crippen molar-refractivity contribution >= 4 is 15.8 Å². The summed E-state index contributed by atoms with van der Waals surface area (Å²) in [7, 11) is -3.74. The zero-order chi connectivity index (χ0) is 13.9. The molecule has 2 rings (SSSR count). The van der Waals surface area contributed by atoms with Crippen LogP contribution < -0.4 is 4.72 Å². The lowest BCUT2D eigenvalue weighted by Crippen LogP contribution is -2.14. The van der Waals surface area contributed by atoms with E-state index < -0.39 is 10.0 Å². The van der Waals surface area contributed by atoms with E-state index in [-0.39, 0.29) is 16.4 Å². The fourth-order valence-corrected chi connectivity index (χ4v) is 2.28. The molecule has 1 N–H and O–H groups in total. The molecule has 0 spiro atoms. The van der Waals surface area contributed by atoms with Gasteiger partial charge in [0.1, 0.15) is 22.5 Å². The number of nitrogens with one attached hydrogen (secondary N) is 1. The van der Waals surface area contributed by atoms with E-state index in [4.69, 9.17) is 5.26 Å². The topological polar surface area (TPSA) is 95.7 Å². The summed E-state index contributed by atoms with van der Waals surface area (Å²) in [6, 6.07) is 7.81. The van der Waals surface area contributed by atoms with Gasteiger partial charge in [-0.15, -0.1) is 0 Å². The van der Waals surface area contributed by atoms with Gasteiger partial charge in [0.15, 0.2) is 0 Å². The molecule has 2 heterocycles. The van der Waals surface area contributed by atoms with Crippen LogP contribution in [0.3, 0.4) is 0 Å². The standard InChI is InChI=1S/C12H10N4O2S/c1-9-2-5-12(15-7-9)16-19(17,18)11-4-3-10(6-13)14-8-11/h2-5,7-8H,1H3,(H,15,16). The first-order valence-corrected chi connectivity index (χ1v) is 6.81. The van der Waals surface area contributed by atoms with Crippen LogP contribution in [0.5, 0.6) is 0 Å². The number of sulfonamides is 1. The van der Waals surface area contributed by atoms with Gasteiger partial charge in [-0.2, -0.15) is 5.26 Å². The first-order valence-electron chi connectivity index (χ1n) is 5.33. The van der Waals surface area contributed by atoms with Crippen LogP contribution in [0.1, 0.15) is 11.3 Å². The Hall–Kier alpha value is -2.46. The lowest BCUT2D eigenvalue weighted by atomic mass is 10.3. The van der Waals surface area contributed by atoms with Crippen molar-refractivity contribution in [1.82, 2.24) is 9.97 Å². The van der Waals surface area contributed by atoms with E-state index in [1.807, 2.05) is 13.0 Å². The van der Waals surface area contributed by atoms with Crippen LogP contribution in [-0.4, -0.2) is 18.4 Å². The summed E-state index contributed by atoms with van der Waals surface area (Å²) < 4.78 is 26.4. The summed E-state index contributed by atoms with van der Waals surface area (Å²) in [6.07, 6.45) is 2.70. The number of hydrogen-bond donors (Lipinski definition) is 1. The number of aryl methyl sites for hydroxylation is 1. The molecule has 0 unspecified atom stereocenters. The summed E-state index contributed by atoms with van der Waals surface area (Å²) in [6.45, 7) is 1.86. The molecule has 96 valence electrons.